The van der Waals surface area contributed by atoms with Crippen molar-refractivity contribution >= 4 is 11.3 Å². The van der Waals surface area contributed by atoms with Crippen molar-refractivity contribution < 1.29 is 0 Å². The van der Waals surface area contributed by atoms with Crippen LogP contribution >= 0.6 is 11.3 Å². The number of aromatic amines is 1. The molecule has 0 radical (unpaired) electrons. The lowest BCUT2D eigenvalue weighted by atomic mass is 10.1. The molecule has 3 aromatic rings. The van der Waals surface area contributed by atoms with E-state index in [0.29, 0.717) is 0 Å². The van der Waals surface area contributed by atoms with Crippen molar-refractivity contribution in [2.24, 2.45) is 0 Å². The van der Waals surface area contributed by atoms with Crippen LogP contribution in [0.1, 0.15) is 5.56 Å². The summed E-state index contributed by atoms with van der Waals surface area (Å²) in [6.45, 7) is 2.08. The highest BCUT2D eigenvalue weighted by atomic mass is 32.1. The minimum absolute atomic E-state index is 0.906. The SMILES string of the molecule is Cc1ccc(-c2n[nH]nc2-c2ccsc2)cc1. The molecule has 0 aliphatic carbocycles. The topological polar surface area (TPSA) is 41.6 Å². The molecular weight excluding hydrogens is 230 g/mol. The molecule has 0 aliphatic rings. The minimum Gasteiger partial charge on any atom is -0.197 e. The normalized spacial score (nSPS) is 10.6. The van der Waals surface area contributed by atoms with Gasteiger partial charge in [0.2, 0.25) is 0 Å². The number of aromatic nitrogens is 3. The zero-order valence-electron chi connectivity index (χ0n) is 9.34. The first-order valence-corrected chi connectivity index (χ1v) is 6.29. The van der Waals surface area contributed by atoms with Crippen molar-refractivity contribution in [3.63, 3.8) is 0 Å². The van der Waals surface area contributed by atoms with Gasteiger partial charge in [0, 0.05) is 16.5 Å². The van der Waals surface area contributed by atoms with Crippen LogP contribution in [0.15, 0.2) is 41.1 Å². The summed E-state index contributed by atoms with van der Waals surface area (Å²) >= 11 is 1.66. The molecule has 4 heteroatoms. The van der Waals surface area contributed by atoms with Gasteiger partial charge < -0.3 is 0 Å². The predicted octanol–water partition coefficient (Wildman–Crippen LogP) is 3.51. The highest BCUT2D eigenvalue weighted by Crippen LogP contribution is 2.29. The van der Waals surface area contributed by atoms with Gasteiger partial charge in [-0.25, -0.2) is 0 Å². The molecule has 3 rings (SSSR count). The number of hydrogen-bond acceptors (Lipinski definition) is 3. The number of thiophene rings is 1. The number of benzene rings is 1. The number of aryl methyl sites for hydroxylation is 1. The Morgan fingerprint density at radius 3 is 2.29 bits per heavy atom. The minimum atomic E-state index is 0.906. The summed E-state index contributed by atoms with van der Waals surface area (Å²) in [5, 5.41) is 15.3. The molecular formula is C13H11N3S. The Balaban J connectivity index is 2.10. The number of nitrogens with one attached hydrogen (secondary N) is 1. The molecule has 0 fully saturated rings. The van der Waals surface area contributed by atoms with E-state index in [0.717, 1.165) is 22.5 Å². The molecule has 2 heterocycles. The largest absolute Gasteiger partial charge is 0.197 e. The van der Waals surface area contributed by atoms with Gasteiger partial charge in [-0.05, 0) is 18.4 Å². The molecule has 0 aliphatic heterocycles. The molecule has 1 N–H and O–H groups in total. The zero-order chi connectivity index (χ0) is 11.7. The van der Waals surface area contributed by atoms with Crippen LogP contribution < -0.4 is 0 Å². The average Bonchev–Trinajstić information content (AvgIpc) is 3.00. The molecule has 84 valence electrons. The molecule has 17 heavy (non-hydrogen) atoms. The first-order valence-electron chi connectivity index (χ1n) is 5.35. The second kappa shape index (κ2) is 4.14. The van der Waals surface area contributed by atoms with Crippen LogP contribution in [0, 0.1) is 6.92 Å². The maximum Gasteiger partial charge on any atom is 0.121 e. The van der Waals surface area contributed by atoms with Gasteiger partial charge in [-0.3, -0.25) is 0 Å². The monoisotopic (exact) mass is 241 g/mol. The quantitative estimate of drug-likeness (QED) is 0.746. The third kappa shape index (κ3) is 1.87. The Bertz CT molecular complexity index is 608. The Morgan fingerprint density at radius 2 is 1.65 bits per heavy atom. The van der Waals surface area contributed by atoms with Crippen LogP contribution in [0.3, 0.4) is 0 Å². The molecule has 0 unspecified atom stereocenters. The van der Waals surface area contributed by atoms with Crippen LogP contribution in [0.5, 0.6) is 0 Å². The van der Waals surface area contributed by atoms with E-state index in [-0.39, 0.29) is 0 Å². The lowest BCUT2D eigenvalue weighted by molar-refractivity contribution is 0.944. The van der Waals surface area contributed by atoms with E-state index in [4.69, 9.17) is 0 Å². The Kier molecular flexibility index (Phi) is 2.49. The maximum atomic E-state index is 4.24. The Hall–Kier alpha value is -1.94. The second-order valence-corrected chi connectivity index (χ2v) is 4.68. The third-order valence-corrected chi connectivity index (χ3v) is 3.35. The standard InChI is InChI=1S/C13H11N3S/c1-9-2-4-10(5-3-9)12-13(15-16-14-12)11-6-7-17-8-11/h2-8H,1H3,(H,14,15,16). The fraction of sp³-hybridized carbons (Fsp3) is 0.0769. The van der Waals surface area contributed by atoms with Crippen molar-refractivity contribution in [1.29, 1.82) is 0 Å². The fourth-order valence-electron chi connectivity index (χ4n) is 1.74. The lowest BCUT2D eigenvalue weighted by Gasteiger charge is -1.99. The zero-order valence-corrected chi connectivity index (χ0v) is 10.2. The first-order chi connectivity index (χ1) is 8.34. The lowest BCUT2D eigenvalue weighted by Crippen LogP contribution is -1.82. The van der Waals surface area contributed by atoms with Gasteiger partial charge in [0.15, 0.2) is 0 Å². The van der Waals surface area contributed by atoms with Gasteiger partial charge in [0.1, 0.15) is 11.4 Å². The summed E-state index contributed by atoms with van der Waals surface area (Å²) in [7, 11) is 0. The molecule has 3 nitrogen and oxygen atoms in total. The molecule has 0 amide bonds. The van der Waals surface area contributed by atoms with Crippen molar-refractivity contribution in [3.05, 3.63) is 46.7 Å². The molecule has 0 spiro atoms. The van der Waals surface area contributed by atoms with E-state index in [1.165, 1.54) is 5.56 Å². The van der Waals surface area contributed by atoms with E-state index in [1.807, 2.05) is 5.38 Å². The van der Waals surface area contributed by atoms with Gasteiger partial charge in [0.25, 0.3) is 0 Å². The molecule has 0 saturated heterocycles. The number of hydrogen-bond donors (Lipinski definition) is 1. The van der Waals surface area contributed by atoms with Gasteiger partial charge in [0.05, 0.1) is 0 Å². The first kappa shape index (κ1) is 10.2. The molecule has 0 atom stereocenters. The van der Waals surface area contributed by atoms with Crippen molar-refractivity contribution in [2.75, 3.05) is 0 Å². The van der Waals surface area contributed by atoms with Crippen molar-refractivity contribution in [1.82, 2.24) is 15.4 Å². The average molecular weight is 241 g/mol. The van der Waals surface area contributed by atoms with Crippen LogP contribution in [0.25, 0.3) is 22.5 Å². The maximum absolute atomic E-state index is 4.24. The molecule has 1 aromatic carbocycles. The van der Waals surface area contributed by atoms with Crippen molar-refractivity contribution in [3.8, 4) is 22.5 Å². The fourth-order valence-corrected chi connectivity index (χ4v) is 2.38. The summed E-state index contributed by atoms with van der Waals surface area (Å²) in [5.41, 5.74) is 5.26. The van der Waals surface area contributed by atoms with E-state index < -0.39 is 0 Å². The second-order valence-electron chi connectivity index (χ2n) is 3.90. The van der Waals surface area contributed by atoms with E-state index in [1.54, 1.807) is 11.3 Å². The Morgan fingerprint density at radius 1 is 0.941 bits per heavy atom. The number of nitrogens with zero attached hydrogens (tertiary/aromatic N) is 2. The van der Waals surface area contributed by atoms with Crippen LogP contribution in [0.2, 0.25) is 0 Å². The summed E-state index contributed by atoms with van der Waals surface area (Å²) < 4.78 is 0. The van der Waals surface area contributed by atoms with Gasteiger partial charge in [-0.2, -0.15) is 26.7 Å². The van der Waals surface area contributed by atoms with Gasteiger partial charge >= 0.3 is 0 Å². The van der Waals surface area contributed by atoms with Crippen LogP contribution in [-0.2, 0) is 0 Å². The van der Waals surface area contributed by atoms with Gasteiger partial charge in [-0.1, -0.05) is 29.8 Å². The highest BCUT2D eigenvalue weighted by molar-refractivity contribution is 7.08. The highest BCUT2D eigenvalue weighted by Gasteiger charge is 2.12. The van der Waals surface area contributed by atoms with Crippen LogP contribution in [-0.4, -0.2) is 15.4 Å². The van der Waals surface area contributed by atoms with E-state index in [2.05, 4.69) is 58.0 Å². The summed E-state index contributed by atoms with van der Waals surface area (Å²) in [4.78, 5) is 0. The molecule has 2 aromatic heterocycles. The smallest absolute Gasteiger partial charge is 0.121 e. The number of H-pyrrole nitrogens is 1. The summed E-state index contributed by atoms with van der Waals surface area (Å²) in [6, 6.07) is 10.4. The predicted molar refractivity (Wildman–Crippen MR) is 69.9 cm³/mol. The van der Waals surface area contributed by atoms with Crippen LogP contribution in [0.4, 0.5) is 0 Å². The molecule has 0 saturated carbocycles. The summed E-state index contributed by atoms with van der Waals surface area (Å²) in [5.74, 6) is 0. The third-order valence-electron chi connectivity index (χ3n) is 2.67. The van der Waals surface area contributed by atoms with Crippen molar-refractivity contribution in [2.45, 2.75) is 6.92 Å². The van der Waals surface area contributed by atoms with E-state index in [9.17, 15) is 0 Å². The van der Waals surface area contributed by atoms with Gasteiger partial charge in [-0.15, -0.1) is 0 Å². The van der Waals surface area contributed by atoms with E-state index >= 15 is 0 Å². The number of rotatable bonds is 2. The summed E-state index contributed by atoms with van der Waals surface area (Å²) in [6.07, 6.45) is 0. The molecule has 0 bridgehead atoms. The Labute approximate surface area is 103 Å².